The van der Waals surface area contributed by atoms with Crippen LogP contribution in [0.1, 0.15) is 32.1 Å². The van der Waals surface area contributed by atoms with Crippen LogP contribution in [0.4, 0.5) is 0 Å². The van der Waals surface area contributed by atoms with E-state index in [2.05, 4.69) is 5.32 Å². The van der Waals surface area contributed by atoms with E-state index in [9.17, 15) is 4.79 Å². The zero-order valence-corrected chi connectivity index (χ0v) is 14.6. The molecule has 0 atom stereocenters. The molecule has 0 unspecified atom stereocenters. The number of hydrogen-bond donors (Lipinski definition) is 1. The normalized spacial score (nSPS) is 15.4. The molecule has 1 aromatic rings. The molecule has 128 valence electrons. The van der Waals surface area contributed by atoms with E-state index >= 15 is 0 Å². The third-order valence-corrected chi connectivity index (χ3v) is 4.59. The van der Waals surface area contributed by atoms with Gasteiger partial charge in [-0.25, -0.2) is 0 Å². The maximum absolute atomic E-state index is 12.1. The molecule has 1 fully saturated rings. The van der Waals surface area contributed by atoms with Crippen molar-refractivity contribution in [3.05, 3.63) is 29.3 Å². The lowest BCUT2D eigenvalue weighted by Gasteiger charge is -2.23. The van der Waals surface area contributed by atoms with Gasteiger partial charge in [-0.05, 0) is 62.9 Å². The summed E-state index contributed by atoms with van der Waals surface area (Å²) in [7, 11) is 1.88. The van der Waals surface area contributed by atoms with Gasteiger partial charge in [-0.2, -0.15) is 0 Å². The Kier molecular flexibility index (Phi) is 7.69. The summed E-state index contributed by atoms with van der Waals surface area (Å²) >= 11 is 5.91. The largest absolute Gasteiger partial charge is 0.493 e. The monoisotopic (exact) mass is 338 g/mol. The van der Waals surface area contributed by atoms with Gasteiger partial charge < -0.3 is 15.0 Å². The van der Waals surface area contributed by atoms with E-state index in [4.69, 9.17) is 16.3 Å². The van der Waals surface area contributed by atoms with Crippen LogP contribution < -0.4 is 10.1 Å². The first-order valence-electron chi connectivity index (χ1n) is 8.48. The second-order valence-corrected chi connectivity index (χ2v) is 6.64. The fourth-order valence-corrected chi connectivity index (χ4v) is 3.04. The number of amides is 1. The maximum atomic E-state index is 12.1. The molecule has 4 nitrogen and oxygen atoms in total. The fourth-order valence-electron chi connectivity index (χ4n) is 2.86. The molecular weight excluding hydrogens is 312 g/mol. The minimum atomic E-state index is 0.242. The van der Waals surface area contributed by atoms with E-state index in [0.717, 1.165) is 38.2 Å². The molecule has 0 radical (unpaired) electrons. The highest BCUT2D eigenvalue weighted by Crippen LogP contribution is 2.19. The van der Waals surface area contributed by atoms with Crippen LogP contribution in [0.3, 0.4) is 0 Å². The van der Waals surface area contributed by atoms with E-state index in [1.165, 1.54) is 12.8 Å². The van der Waals surface area contributed by atoms with Gasteiger partial charge in [-0.15, -0.1) is 0 Å². The van der Waals surface area contributed by atoms with Crippen LogP contribution in [0.25, 0.3) is 0 Å². The van der Waals surface area contributed by atoms with Gasteiger partial charge >= 0.3 is 0 Å². The van der Waals surface area contributed by atoms with Crippen LogP contribution in [-0.2, 0) is 4.79 Å². The standard InChI is InChI=1S/C18H27ClN2O2/c1-21(18(22)7-6-15-8-10-20-11-9-15)12-3-13-23-17-5-2-4-16(19)14-17/h2,4-5,14-15,20H,3,6-13H2,1H3. The van der Waals surface area contributed by atoms with Gasteiger partial charge in [0.05, 0.1) is 6.61 Å². The van der Waals surface area contributed by atoms with Crippen molar-refractivity contribution in [2.75, 3.05) is 33.3 Å². The number of benzene rings is 1. The number of nitrogens with zero attached hydrogens (tertiary/aromatic N) is 1. The molecule has 1 N–H and O–H groups in total. The van der Waals surface area contributed by atoms with Crippen LogP contribution in [0.5, 0.6) is 5.75 Å². The number of halogens is 1. The predicted octanol–water partition coefficient (Wildman–Crippen LogP) is 3.35. The van der Waals surface area contributed by atoms with Crippen molar-refractivity contribution in [1.82, 2.24) is 10.2 Å². The fraction of sp³-hybridized carbons (Fsp3) is 0.611. The Morgan fingerprint density at radius 1 is 1.39 bits per heavy atom. The average Bonchev–Trinajstić information content (AvgIpc) is 2.57. The van der Waals surface area contributed by atoms with Crippen LogP contribution in [0.15, 0.2) is 24.3 Å². The number of ether oxygens (including phenoxy) is 1. The molecule has 1 amide bonds. The van der Waals surface area contributed by atoms with Crippen molar-refractivity contribution in [1.29, 1.82) is 0 Å². The van der Waals surface area contributed by atoms with E-state index in [1.807, 2.05) is 30.1 Å². The van der Waals surface area contributed by atoms with Gasteiger partial charge in [0.25, 0.3) is 0 Å². The van der Waals surface area contributed by atoms with Gasteiger partial charge in [0.1, 0.15) is 5.75 Å². The Morgan fingerprint density at radius 3 is 2.91 bits per heavy atom. The molecule has 0 aliphatic carbocycles. The van der Waals surface area contributed by atoms with Crippen LogP contribution >= 0.6 is 11.6 Å². The summed E-state index contributed by atoms with van der Waals surface area (Å²) in [6.07, 6.45) is 4.90. The highest BCUT2D eigenvalue weighted by atomic mass is 35.5. The first-order valence-corrected chi connectivity index (χ1v) is 8.86. The van der Waals surface area contributed by atoms with E-state index in [0.29, 0.717) is 24.0 Å². The summed E-state index contributed by atoms with van der Waals surface area (Å²) in [4.78, 5) is 14.0. The van der Waals surface area contributed by atoms with Crippen molar-refractivity contribution >= 4 is 17.5 Å². The van der Waals surface area contributed by atoms with Gasteiger partial charge in [0.15, 0.2) is 0 Å². The van der Waals surface area contributed by atoms with Crippen LogP contribution in [-0.4, -0.2) is 44.1 Å². The number of nitrogens with one attached hydrogen (secondary N) is 1. The summed E-state index contributed by atoms with van der Waals surface area (Å²) < 4.78 is 5.64. The molecule has 23 heavy (non-hydrogen) atoms. The number of piperidine rings is 1. The Labute approximate surface area is 144 Å². The van der Waals surface area contributed by atoms with Gasteiger partial charge in [-0.3, -0.25) is 4.79 Å². The molecule has 0 saturated carbocycles. The van der Waals surface area contributed by atoms with Crippen molar-refractivity contribution < 1.29 is 9.53 Å². The summed E-state index contributed by atoms with van der Waals surface area (Å²) in [5.41, 5.74) is 0. The SMILES string of the molecule is CN(CCCOc1cccc(Cl)c1)C(=O)CCC1CCNCC1. The Bertz CT molecular complexity index is 490. The quantitative estimate of drug-likeness (QED) is 0.739. The summed E-state index contributed by atoms with van der Waals surface area (Å²) in [5.74, 6) is 1.73. The predicted molar refractivity (Wildman–Crippen MR) is 94.0 cm³/mol. The lowest BCUT2D eigenvalue weighted by molar-refractivity contribution is -0.130. The minimum absolute atomic E-state index is 0.242. The molecule has 1 aromatic carbocycles. The molecule has 0 spiro atoms. The Balaban J connectivity index is 1.58. The second kappa shape index (κ2) is 9.78. The molecule has 1 saturated heterocycles. The molecule has 1 aliphatic rings. The third-order valence-electron chi connectivity index (χ3n) is 4.35. The van der Waals surface area contributed by atoms with Gasteiger partial charge in [0.2, 0.25) is 5.91 Å². The first-order chi connectivity index (χ1) is 11.1. The lowest BCUT2D eigenvalue weighted by Crippen LogP contribution is -2.31. The second-order valence-electron chi connectivity index (χ2n) is 6.21. The summed E-state index contributed by atoms with van der Waals surface area (Å²) in [6, 6.07) is 7.38. The molecule has 5 heteroatoms. The Morgan fingerprint density at radius 2 is 2.17 bits per heavy atom. The number of carbonyl (C=O) groups excluding carboxylic acids is 1. The Hall–Kier alpha value is -1.26. The van der Waals surface area contributed by atoms with Crippen LogP contribution in [0.2, 0.25) is 5.02 Å². The maximum Gasteiger partial charge on any atom is 0.222 e. The smallest absolute Gasteiger partial charge is 0.222 e. The van der Waals surface area contributed by atoms with E-state index in [-0.39, 0.29) is 5.91 Å². The van der Waals surface area contributed by atoms with Crippen molar-refractivity contribution in [2.24, 2.45) is 5.92 Å². The number of carbonyl (C=O) groups is 1. The molecule has 2 rings (SSSR count). The molecule has 1 aliphatic heterocycles. The topological polar surface area (TPSA) is 41.6 Å². The van der Waals surface area contributed by atoms with Gasteiger partial charge in [0, 0.05) is 25.0 Å². The summed E-state index contributed by atoms with van der Waals surface area (Å²) in [6.45, 7) is 3.50. The van der Waals surface area contributed by atoms with Crippen molar-refractivity contribution in [2.45, 2.75) is 32.1 Å². The molecule has 0 aromatic heterocycles. The molecule has 0 bridgehead atoms. The lowest BCUT2D eigenvalue weighted by atomic mass is 9.93. The summed E-state index contributed by atoms with van der Waals surface area (Å²) in [5, 5.41) is 4.03. The minimum Gasteiger partial charge on any atom is -0.493 e. The van der Waals surface area contributed by atoms with Gasteiger partial charge in [-0.1, -0.05) is 17.7 Å². The van der Waals surface area contributed by atoms with Crippen LogP contribution in [0, 0.1) is 5.92 Å². The molecular formula is C18H27ClN2O2. The van der Waals surface area contributed by atoms with Crippen molar-refractivity contribution in [3.8, 4) is 5.75 Å². The molecule has 1 heterocycles. The number of hydrogen-bond acceptors (Lipinski definition) is 3. The first kappa shape index (κ1) is 18.1. The number of rotatable bonds is 8. The zero-order valence-electron chi connectivity index (χ0n) is 13.9. The van der Waals surface area contributed by atoms with Crippen molar-refractivity contribution in [3.63, 3.8) is 0 Å². The highest BCUT2D eigenvalue weighted by Gasteiger charge is 2.16. The highest BCUT2D eigenvalue weighted by molar-refractivity contribution is 6.30. The average molecular weight is 339 g/mol. The van der Waals surface area contributed by atoms with E-state index < -0.39 is 0 Å². The zero-order chi connectivity index (χ0) is 16.5. The third kappa shape index (κ3) is 6.80. The van der Waals surface area contributed by atoms with E-state index in [1.54, 1.807) is 6.07 Å².